The van der Waals surface area contributed by atoms with E-state index in [0.717, 1.165) is 49.6 Å². The van der Waals surface area contributed by atoms with Crippen LogP contribution in [0.4, 0.5) is 5.69 Å². The highest BCUT2D eigenvalue weighted by atomic mass is 16.5. The van der Waals surface area contributed by atoms with Crippen LogP contribution in [0, 0.1) is 0 Å². The van der Waals surface area contributed by atoms with Gasteiger partial charge in [-0.25, -0.2) is 0 Å². The van der Waals surface area contributed by atoms with E-state index in [1.807, 2.05) is 18.2 Å². The number of carbonyl (C=O) groups is 1. The fraction of sp³-hybridized carbons (Fsp3) is 0.533. The summed E-state index contributed by atoms with van der Waals surface area (Å²) in [5, 5.41) is 6.39. The Morgan fingerprint density at radius 1 is 1.45 bits per heavy atom. The predicted molar refractivity (Wildman–Crippen MR) is 75.9 cm³/mol. The summed E-state index contributed by atoms with van der Waals surface area (Å²) in [7, 11) is 0. The fourth-order valence-corrected chi connectivity index (χ4v) is 2.63. The Hall–Kier alpha value is -1.59. The van der Waals surface area contributed by atoms with Crippen LogP contribution >= 0.6 is 0 Å². The van der Waals surface area contributed by atoms with Gasteiger partial charge in [-0.15, -0.1) is 0 Å². The van der Waals surface area contributed by atoms with Gasteiger partial charge < -0.3 is 20.1 Å². The average Bonchev–Trinajstić information content (AvgIpc) is 2.45. The first-order valence-electron chi connectivity index (χ1n) is 7.03. The summed E-state index contributed by atoms with van der Waals surface area (Å²) in [5.41, 5.74) is 1.92. The van der Waals surface area contributed by atoms with Crippen molar-refractivity contribution < 1.29 is 14.3 Å². The van der Waals surface area contributed by atoms with E-state index in [0.29, 0.717) is 0 Å². The molecule has 1 saturated heterocycles. The molecule has 5 nitrogen and oxygen atoms in total. The molecule has 1 amide bonds. The Balaban J connectivity index is 1.66. The highest BCUT2D eigenvalue weighted by Gasteiger charge is 2.26. The third-order valence-corrected chi connectivity index (χ3v) is 3.83. The van der Waals surface area contributed by atoms with Gasteiger partial charge in [0.05, 0.1) is 12.3 Å². The standard InChI is InChI=1S/C15H20N2O3/c1-15(5-2-6-19-10-15)16-8-11-3-4-13-12(7-11)17-14(18)9-20-13/h3-4,7,16H,2,5-6,8-10H2,1H3,(H,17,18). The lowest BCUT2D eigenvalue weighted by Gasteiger charge is -2.34. The summed E-state index contributed by atoms with van der Waals surface area (Å²) in [6.07, 6.45) is 2.22. The average molecular weight is 276 g/mol. The number of benzene rings is 1. The molecule has 0 saturated carbocycles. The number of carbonyl (C=O) groups excluding carboxylic acids is 1. The van der Waals surface area contributed by atoms with Gasteiger partial charge in [-0.1, -0.05) is 6.07 Å². The number of fused-ring (bicyclic) bond motifs is 1. The molecule has 1 atom stereocenters. The predicted octanol–water partition coefficient (Wildman–Crippen LogP) is 1.68. The van der Waals surface area contributed by atoms with Gasteiger partial charge in [0, 0.05) is 18.7 Å². The molecule has 2 aliphatic rings. The number of nitrogens with one attached hydrogen (secondary N) is 2. The van der Waals surface area contributed by atoms with E-state index in [4.69, 9.17) is 9.47 Å². The first-order chi connectivity index (χ1) is 9.65. The Morgan fingerprint density at radius 3 is 3.15 bits per heavy atom. The molecule has 1 unspecified atom stereocenters. The van der Waals surface area contributed by atoms with Crippen LogP contribution in [-0.4, -0.2) is 31.3 Å². The summed E-state index contributed by atoms with van der Waals surface area (Å²) < 4.78 is 10.9. The van der Waals surface area contributed by atoms with E-state index in [1.165, 1.54) is 0 Å². The van der Waals surface area contributed by atoms with Gasteiger partial charge >= 0.3 is 0 Å². The Kier molecular flexibility index (Phi) is 3.63. The Bertz CT molecular complexity index is 510. The molecular weight excluding hydrogens is 256 g/mol. The molecule has 5 heteroatoms. The van der Waals surface area contributed by atoms with Gasteiger partial charge in [0.1, 0.15) is 5.75 Å². The highest BCUT2D eigenvalue weighted by Crippen LogP contribution is 2.28. The van der Waals surface area contributed by atoms with Gasteiger partial charge in [0.2, 0.25) is 0 Å². The minimum absolute atomic E-state index is 0.0356. The summed E-state index contributed by atoms with van der Waals surface area (Å²) >= 11 is 0. The van der Waals surface area contributed by atoms with Crippen LogP contribution < -0.4 is 15.4 Å². The van der Waals surface area contributed by atoms with Crippen molar-refractivity contribution in [1.82, 2.24) is 5.32 Å². The quantitative estimate of drug-likeness (QED) is 0.882. The Labute approximate surface area is 118 Å². The molecule has 0 spiro atoms. The van der Waals surface area contributed by atoms with E-state index in [1.54, 1.807) is 0 Å². The molecule has 2 heterocycles. The first kappa shape index (κ1) is 13.4. The lowest BCUT2D eigenvalue weighted by atomic mass is 9.94. The van der Waals surface area contributed by atoms with Crippen LogP contribution in [0.25, 0.3) is 0 Å². The van der Waals surface area contributed by atoms with Crippen molar-refractivity contribution in [3.63, 3.8) is 0 Å². The molecule has 2 N–H and O–H groups in total. The van der Waals surface area contributed by atoms with E-state index >= 15 is 0 Å². The van der Waals surface area contributed by atoms with E-state index < -0.39 is 0 Å². The van der Waals surface area contributed by atoms with Gasteiger partial charge in [-0.05, 0) is 37.5 Å². The van der Waals surface area contributed by atoms with E-state index in [9.17, 15) is 4.79 Å². The highest BCUT2D eigenvalue weighted by molar-refractivity contribution is 5.95. The number of ether oxygens (including phenoxy) is 2. The summed E-state index contributed by atoms with van der Waals surface area (Å²) in [5.74, 6) is 0.635. The van der Waals surface area contributed by atoms with Crippen molar-refractivity contribution in [1.29, 1.82) is 0 Å². The van der Waals surface area contributed by atoms with Crippen LogP contribution in [0.15, 0.2) is 18.2 Å². The molecule has 1 aromatic rings. The van der Waals surface area contributed by atoms with Crippen molar-refractivity contribution in [2.45, 2.75) is 31.8 Å². The molecule has 0 aliphatic carbocycles. The smallest absolute Gasteiger partial charge is 0.262 e. The van der Waals surface area contributed by atoms with Crippen LogP contribution in [0.5, 0.6) is 5.75 Å². The van der Waals surface area contributed by atoms with Crippen LogP contribution in [0.1, 0.15) is 25.3 Å². The largest absolute Gasteiger partial charge is 0.482 e. The topological polar surface area (TPSA) is 59.6 Å². The maximum Gasteiger partial charge on any atom is 0.262 e. The number of amides is 1. The van der Waals surface area contributed by atoms with Crippen molar-refractivity contribution in [2.75, 3.05) is 25.1 Å². The number of hydrogen-bond donors (Lipinski definition) is 2. The van der Waals surface area contributed by atoms with Gasteiger partial charge in [-0.3, -0.25) is 4.79 Å². The summed E-state index contributed by atoms with van der Waals surface area (Å²) in [6, 6.07) is 5.90. The van der Waals surface area contributed by atoms with Crippen molar-refractivity contribution >= 4 is 11.6 Å². The van der Waals surface area contributed by atoms with Crippen LogP contribution in [0.3, 0.4) is 0 Å². The molecule has 108 valence electrons. The van der Waals surface area contributed by atoms with E-state index in [-0.39, 0.29) is 18.1 Å². The van der Waals surface area contributed by atoms with Gasteiger partial charge in [0.25, 0.3) is 5.91 Å². The SMILES string of the molecule is CC1(NCc2ccc3c(c2)NC(=O)CO3)CCCOC1. The lowest BCUT2D eigenvalue weighted by Crippen LogP contribution is -2.48. The third kappa shape index (κ3) is 2.94. The van der Waals surface area contributed by atoms with Crippen LogP contribution in [-0.2, 0) is 16.1 Å². The molecular formula is C15H20N2O3. The maximum atomic E-state index is 11.3. The number of rotatable bonds is 3. The maximum absolute atomic E-state index is 11.3. The third-order valence-electron chi connectivity index (χ3n) is 3.83. The molecule has 0 aromatic heterocycles. The zero-order valence-corrected chi connectivity index (χ0v) is 11.7. The molecule has 1 fully saturated rings. The Morgan fingerprint density at radius 2 is 2.35 bits per heavy atom. The number of anilines is 1. The van der Waals surface area contributed by atoms with E-state index in [2.05, 4.69) is 17.6 Å². The lowest BCUT2D eigenvalue weighted by molar-refractivity contribution is -0.118. The minimum Gasteiger partial charge on any atom is -0.482 e. The van der Waals surface area contributed by atoms with Gasteiger partial charge in [0.15, 0.2) is 6.61 Å². The number of hydrogen-bond acceptors (Lipinski definition) is 4. The summed E-state index contributed by atoms with van der Waals surface area (Å²) in [6.45, 7) is 4.65. The van der Waals surface area contributed by atoms with Crippen LogP contribution in [0.2, 0.25) is 0 Å². The molecule has 1 aromatic carbocycles. The summed E-state index contributed by atoms with van der Waals surface area (Å²) in [4.78, 5) is 11.3. The zero-order chi connectivity index (χ0) is 14.0. The zero-order valence-electron chi connectivity index (χ0n) is 11.7. The molecule has 0 radical (unpaired) electrons. The second-order valence-electron chi connectivity index (χ2n) is 5.74. The molecule has 2 aliphatic heterocycles. The monoisotopic (exact) mass is 276 g/mol. The molecule has 0 bridgehead atoms. The minimum atomic E-state index is -0.102. The first-order valence-corrected chi connectivity index (χ1v) is 7.03. The van der Waals surface area contributed by atoms with Crippen molar-refractivity contribution in [3.05, 3.63) is 23.8 Å². The second kappa shape index (κ2) is 5.42. The normalized spacial score (nSPS) is 25.6. The second-order valence-corrected chi connectivity index (χ2v) is 5.74. The fourth-order valence-electron chi connectivity index (χ4n) is 2.63. The molecule has 20 heavy (non-hydrogen) atoms. The van der Waals surface area contributed by atoms with Crippen molar-refractivity contribution in [3.8, 4) is 5.75 Å². The molecule has 3 rings (SSSR count). The van der Waals surface area contributed by atoms with Gasteiger partial charge in [-0.2, -0.15) is 0 Å². The van der Waals surface area contributed by atoms with Crippen molar-refractivity contribution in [2.24, 2.45) is 0 Å².